The summed E-state index contributed by atoms with van der Waals surface area (Å²) in [4.78, 5) is 2.36. The molecule has 0 bridgehead atoms. The summed E-state index contributed by atoms with van der Waals surface area (Å²) in [6.45, 7) is 9.26. The second kappa shape index (κ2) is 6.50. The first-order valence-electron chi connectivity index (χ1n) is 6.14. The van der Waals surface area contributed by atoms with Gasteiger partial charge in [-0.05, 0) is 36.6 Å². The van der Waals surface area contributed by atoms with Crippen LogP contribution in [0.15, 0.2) is 18.2 Å². The molecule has 0 heterocycles. The van der Waals surface area contributed by atoms with Crippen LogP contribution in [0.4, 0.5) is 11.4 Å². The van der Waals surface area contributed by atoms with Crippen molar-refractivity contribution in [3.05, 3.63) is 23.8 Å². The van der Waals surface area contributed by atoms with Crippen molar-refractivity contribution < 1.29 is 4.74 Å². The zero-order chi connectivity index (χ0) is 12.8. The molecule has 17 heavy (non-hydrogen) atoms. The summed E-state index contributed by atoms with van der Waals surface area (Å²) in [5, 5.41) is 0. The molecule has 0 fully saturated rings. The number of benzene rings is 1. The fourth-order valence-electron chi connectivity index (χ4n) is 1.99. The molecule has 1 aromatic rings. The van der Waals surface area contributed by atoms with Crippen LogP contribution in [-0.2, 0) is 4.74 Å². The Morgan fingerprint density at radius 1 is 1.35 bits per heavy atom. The van der Waals surface area contributed by atoms with E-state index in [0.717, 1.165) is 25.4 Å². The fraction of sp³-hybridized carbons (Fsp3) is 0.571. The Kier molecular flexibility index (Phi) is 5.29. The number of anilines is 2. The lowest BCUT2D eigenvalue weighted by molar-refractivity contribution is 0.204. The van der Waals surface area contributed by atoms with Crippen LogP contribution in [0, 0.1) is 12.8 Å². The minimum Gasteiger partial charge on any atom is -0.399 e. The van der Waals surface area contributed by atoms with Gasteiger partial charge in [0.15, 0.2) is 0 Å². The third-order valence-corrected chi connectivity index (χ3v) is 2.71. The minimum atomic E-state index is 0.629. The summed E-state index contributed by atoms with van der Waals surface area (Å²) in [7, 11) is 1.74. The van der Waals surface area contributed by atoms with Gasteiger partial charge in [0.2, 0.25) is 0 Å². The van der Waals surface area contributed by atoms with Crippen LogP contribution in [0.25, 0.3) is 0 Å². The molecule has 0 saturated carbocycles. The van der Waals surface area contributed by atoms with Gasteiger partial charge in [-0.15, -0.1) is 0 Å². The van der Waals surface area contributed by atoms with Crippen LogP contribution in [0.1, 0.15) is 19.4 Å². The van der Waals surface area contributed by atoms with Gasteiger partial charge < -0.3 is 15.4 Å². The molecule has 96 valence electrons. The lowest BCUT2D eigenvalue weighted by Crippen LogP contribution is -2.31. The van der Waals surface area contributed by atoms with Gasteiger partial charge in [-0.25, -0.2) is 0 Å². The van der Waals surface area contributed by atoms with Gasteiger partial charge in [-0.1, -0.05) is 13.8 Å². The number of hydrogen-bond acceptors (Lipinski definition) is 3. The highest BCUT2D eigenvalue weighted by molar-refractivity contribution is 5.59. The first-order chi connectivity index (χ1) is 8.04. The van der Waals surface area contributed by atoms with Gasteiger partial charge in [0.05, 0.1) is 6.61 Å². The minimum absolute atomic E-state index is 0.629. The van der Waals surface area contributed by atoms with E-state index < -0.39 is 0 Å². The second-order valence-corrected chi connectivity index (χ2v) is 4.88. The first kappa shape index (κ1) is 13.8. The highest BCUT2D eigenvalue weighted by atomic mass is 16.5. The standard InChI is InChI=1S/C14H24N2O/c1-11(2)10-16(7-8-17-4)14-6-5-13(15)9-12(14)3/h5-6,9,11H,7-8,10,15H2,1-4H3. The Bertz CT molecular complexity index is 350. The van der Waals surface area contributed by atoms with Crippen LogP contribution < -0.4 is 10.6 Å². The van der Waals surface area contributed by atoms with Gasteiger partial charge in [-0.3, -0.25) is 0 Å². The average molecular weight is 236 g/mol. The van der Waals surface area contributed by atoms with Crippen LogP contribution in [0.3, 0.4) is 0 Å². The van der Waals surface area contributed by atoms with E-state index in [9.17, 15) is 0 Å². The van der Waals surface area contributed by atoms with Crippen molar-refractivity contribution in [1.82, 2.24) is 0 Å². The molecule has 3 nitrogen and oxygen atoms in total. The van der Waals surface area contributed by atoms with Gasteiger partial charge in [-0.2, -0.15) is 0 Å². The Morgan fingerprint density at radius 2 is 2.06 bits per heavy atom. The number of rotatable bonds is 6. The maximum Gasteiger partial charge on any atom is 0.0637 e. The van der Waals surface area contributed by atoms with E-state index in [1.54, 1.807) is 7.11 Å². The molecule has 0 aliphatic heterocycles. The summed E-state index contributed by atoms with van der Waals surface area (Å²) in [5.41, 5.74) is 9.09. The number of nitrogens with zero attached hydrogens (tertiary/aromatic N) is 1. The summed E-state index contributed by atoms with van der Waals surface area (Å²) in [6.07, 6.45) is 0. The van der Waals surface area contributed by atoms with E-state index in [-0.39, 0.29) is 0 Å². The largest absolute Gasteiger partial charge is 0.399 e. The molecule has 0 unspecified atom stereocenters. The predicted octanol–water partition coefficient (Wildman–Crippen LogP) is 2.69. The Morgan fingerprint density at radius 3 is 2.59 bits per heavy atom. The number of ether oxygens (including phenoxy) is 1. The Labute approximate surface area is 105 Å². The van der Waals surface area contributed by atoms with Gasteiger partial charge >= 0.3 is 0 Å². The molecular formula is C14H24N2O. The fourth-order valence-corrected chi connectivity index (χ4v) is 1.99. The second-order valence-electron chi connectivity index (χ2n) is 4.88. The quantitative estimate of drug-likeness (QED) is 0.772. The zero-order valence-corrected chi connectivity index (χ0v) is 11.4. The molecular weight excluding hydrogens is 212 g/mol. The summed E-state index contributed by atoms with van der Waals surface area (Å²) >= 11 is 0. The highest BCUT2D eigenvalue weighted by Crippen LogP contribution is 2.23. The molecule has 0 amide bonds. The van der Waals surface area contributed by atoms with E-state index in [0.29, 0.717) is 5.92 Å². The van der Waals surface area contributed by atoms with Crippen molar-refractivity contribution in [3.8, 4) is 0 Å². The lowest BCUT2D eigenvalue weighted by atomic mass is 10.1. The molecule has 0 spiro atoms. The van der Waals surface area contributed by atoms with Crippen molar-refractivity contribution >= 4 is 11.4 Å². The molecule has 0 aliphatic rings. The van der Waals surface area contributed by atoms with Crippen molar-refractivity contribution in [2.75, 3.05) is 37.4 Å². The molecule has 1 aromatic carbocycles. The molecule has 0 aromatic heterocycles. The molecule has 0 saturated heterocycles. The monoisotopic (exact) mass is 236 g/mol. The number of hydrogen-bond donors (Lipinski definition) is 1. The molecule has 0 aliphatic carbocycles. The van der Waals surface area contributed by atoms with E-state index >= 15 is 0 Å². The summed E-state index contributed by atoms with van der Waals surface area (Å²) < 4.78 is 5.17. The van der Waals surface area contributed by atoms with Crippen molar-refractivity contribution in [3.63, 3.8) is 0 Å². The third kappa shape index (κ3) is 4.27. The molecule has 3 heteroatoms. The lowest BCUT2D eigenvalue weighted by Gasteiger charge is -2.28. The van der Waals surface area contributed by atoms with Gasteiger partial charge in [0, 0.05) is 31.6 Å². The number of aryl methyl sites for hydroxylation is 1. The molecule has 0 radical (unpaired) electrons. The maximum absolute atomic E-state index is 5.79. The normalized spacial score (nSPS) is 10.9. The van der Waals surface area contributed by atoms with E-state index in [2.05, 4.69) is 31.7 Å². The SMILES string of the molecule is COCCN(CC(C)C)c1ccc(N)cc1C. The maximum atomic E-state index is 5.79. The van der Waals surface area contributed by atoms with Crippen molar-refractivity contribution in [1.29, 1.82) is 0 Å². The smallest absolute Gasteiger partial charge is 0.0637 e. The van der Waals surface area contributed by atoms with Crippen LogP contribution in [0.2, 0.25) is 0 Å². The van der Waals surface area contributed by atoms with E-state index in [1.165, 1.54) is 11.3 Å². The van der Waals surface area contributed by atoms with Gasteiger partial charge in [0.1, 0.15) is 0 Å². The van der Waals surface area contributed by atoms with Crippen LogP contribution in [-0.4, -0.2) is 26.8 Å². The Balaban J connectivity index is 2.86. The summed E-state index contributed by atoms with van der Waals surface area (Å²) in [6, 6.07) is 6.08. The van der Waals surface area contributed by atoms with Crippen molar-refractivity contribution in [2.24, 2.45) is 5.92 Å². The predicted molar refractivity (Wildman–Crippen MR) is 74.5 cm³/mol. The van der Waals surface area contributed by atoms with Crippen LogP contribution >= 0.6 is 0 Å². The van der Waals surface area contributed by atoms with Crippen LogP contribution in [0.5, 0.6) is 0 Å². The molecule has 2 N–H and O–H groups in total. The third-order valence-electron chi connectivity index (χ3n) is 2.71. The van der Waals surface area contributed by atoms with Crippen molar-refractivity contribution in [2.45, 2.75) is 20.8 Å². The van der Waals surface area contributed by atoms with E-state index in [1.807, 2.05) is 12.1 Å². The van der Waals surface area contributed by atoms with E-state index in [4.69, 9.17) is 10.5 Å². The molecule has 1 rings (SSSR count). The Hall–Kier alpha value is -1.22. The average Bonchev–Trinajstić information content (AvgIpc) is 2.24. The summed E-state index contributed by atoms with van der Waals surface area (Å²) in [5.74, 6) is 0.629. The number of methoxy groups -OCH3 is 1. The number of nitrogens with two attached hydrogens (primary N) is 1. The highest BCUT2D eigenvalue weighted by Gasteiger charge is 2.10. The first-order valence-corrected chi connectivity index (χ1v) is 6.14. The zero-order valence-electron chi connectivity index (χ0n) is 11.4. The topological polar surface area (TPSA) is 38.5 Å². The molecule has 0 atom stereocenters. The van der Waals surface area contributed by atoms with Gasteiger partial charge in [0.25, 0.3) is 0 Å². The number of nitrogen functional groups attached to an aromatic ring is 1.